The lowest BCUT2D eigenvalue weighted by Crippen LogP contribution is -2.01. The summed E-state index contributed by atoms with van der Waals surface area (Å²) in [7, 11) is 0. The Morgan fingerprint density at radius 3 is 2.33 bits per heavy atom. The molecule has 0 aromatic rings. The number of hydrogen-bond acceptors (Lipinski definition) is 1. The lowest BCUT2D eigenvalue weighted by molar-refractivity contribution is -0.115. The zero-order valence-electron chi connectivity index (χ0n) is 8.31. The molecule has 0 amide bonds. The largest absolute Gasteiger partial charge is 0.295 e. The molecule has 1 nitrogen and oxygen atoms in total. The molecule has 0 spiro atoms. The molecule has 0 aliphatic carbocycles. The zero-order chi connectivity index (χ0) is 9.56. The van der Waals surface area contributed by atoms with Crippen molar-refractivity contribution in [2.75, 3.05) is 0 Å². The van der Waals surface area contributed by atoms with E-state index < -0.39 is 0 Å². The van der Waals surface area contributed by atoms with Crippen LogP contribution < -0.4 is 0 Å². The highest BCUT2D eigenvalue weighted by Gasteiger charge is 2.05. The van der Waals surface area contributed by atoms with E-state index in [0.29, 0.717) is 6.42 Å². The van der Waals surface area contributed by atoms with Crippen LogP contribution in [-0.4, -0.2) is 5.78 Å². The molecule has 0 aliphatic heterocycles. The summed E-state index contributed by atoms with van der Waals surface area (Å²) in [5.41, 5.74) is 2.02. The van der Waals surface area contributed by atoms with Crippen LogP contribution in [0.5, 0.6) is 0 Å². The smallest absolute Gasteiger partial charge is 0.158 e. The van der Waals surface area contributed by atoms with Crippen LogP contribution >= 0.6 is 0 Å². The van der Waals surface area contributed by atoms with Crippen LogP contribution in [0.25, 0.3) is 0 Å². The van der Waals surface area contributed by atoms with Crippen LogP contribution in [0, 0.1) is 0 Å². The molecule has 0 saturated carbocycles. The Bertz CT molecular complexity index is 199. The highest BCUT2D eigenvalue weighted by Crippen LogP contribution is 2.09. The van der Waals surface area contributed by atoms with Crippen molar-refractivity contribution in [3.8, 4) is 0 Å². The van der Waals surface area contributed by atoms with Gasteiger partial charge in [0.05, 0.1) is 0 Å². The molecule has 0 heterocycles. The molecule has 0 saturated heterocycles. The number of hydrogen-bond donors (Lipinski definition) is 0. The Morgan fingerprint density at radius 2 is 2.00 bits per heavy atom. The number of carbonyl (C=O) groups is 1. The van der Waals surface area contributed by atoms with Crippen LogP contribution in [0.3, 0.4) is 0 Å². The first-order valence-electron chi connectivity index (χ1n) is 4.44. The normalized spacial score (nSPS) is 11.4. The molecule has 12 heavy (non-hydrogen) atoms. The Morgan fingerprint density at radius 1 is 1.42 bits per heavy atom. The monoisotopic (exact) mass is 166 g/mol. The first-order valence-corrected chi connectivity index (χ1v) is 4.44. The molecule has 0 rings (SSSR count). The second-order valence-electron chi connectivity index (χ2n) is 3.05. The van der Waals surface area contributed by atoms with Gasteiger partial charge in [-0.2, -0.15) is 0 Å². The fraction of sp³-hybridized carbons (Fsp3) is 0.545. The molecular formula is C11H18O. The topological polar surface area (TPSA) is 17.1 Å². The van der Waals surface area contributed by atoms with Crippen LogP contribution in [0.4, 0.5) is 0 Å². The van der Waals surface area contributed by atoms with E-state index in [2.05, 4.69) is 6.58 Å². The van der Waals surface area contributed by atoms with Gasteiger partial charge < -0.3 is 0 Å². The van der Waals surface area contributed by atoms with E-state index in [1.54, 1.807) is 0 Å². The summed E-state index contributed by atoms with van der Waals surface area (Å²) in [5.74, 6) is 0.267. The van der Waals surface area contributed by atoms with Gasteiger partial charge in [-0.1, -0.05) is 18.6 Å². The van der Waals surface area contributed by atoms with Crippen LogP contribution in [0.2, 0.25) is 0 Å². The molecule has 0 unspecified atom stereocenters. The average molecular weight is 166 g/mol. The summed E-state index contributed by atoms with van der Waals surface area (Å²) in [6, 6.07) is 0. The minimum absolute atomic E-state index is 0.267. The van der Waals surface area contributed by atoms with Crippen LogP contribution in [0.15, 0.2) is 23.8 Å². The Kier molecular flexibility index (Phi) is 5.35. The number of allylic oxidation sites excluding steroid dienone is 3. The molecule has 0 aliphatic rings. The van der Waals surface area contributed by atoms with Crippen molar-refractivity contribution in [1.82, 2.24) is 0 Å². The molecule has 0 fully saturated rings. The minimum atomic E-state index is 0.267. The third-order valence-corrected chi connectivity index (χ3v) is 1.87. The molecule has 0 N–H and O–H groups in total. The summed E-state index contributed by atoms with van der Waals surface area (Å²) in [6.45, 7) is 9.64. The molecule has 0 atom stereocenters. The maximum atomic E-state index is 11.4. The van der Waals surface area contributed by atoms with Crippen molar-refractivity contribution in [2.45, 2.75) is 40.0 Å². The van der Waals surface area contributed by atoms with Crippen molar-refractivity contribution in [3.63, 3.8) is 0 Å². The highest BCUT2D eigenvalue weighted by molar-refractivity contribution is 5.95. The van der Waals surface area contributed by atoms with Gasteiger partial charge in [0.2, 0.25) is 0 Å². The van der Waals surface area contributed by atoms with E-state index in [-0.39, 0.29) is 5.78 Å². The van der Waals surface area contributed by atoms with Gasteiger partial charge in [-0.15, -0.1) is 6.58 Å². The lowest BCUT2D eigenvalue weighted by Gasteiger charge is -2.02. The molecule has 0 radical (unpaired) electrons. The third-order valence-electron chi connectivity index (χ3n) is 1.87. The first-order chi connectivity index (χ1) is 5.61. The van der Waals surface area contributed by atoms with E-state index >= 15 is 0 Å². The molecule has 0 bridgehead atoms. The van der Waals surface area contributed by atoms with Gasteiger partial charge >= 0.3 is 0 Å². The fourth-order valence-corrected chi connectivity index (χ4v) is 1.05. The minimum Gasteiger partial charge on any atom is -0.295 e. The first kappa shape index (κ1) is 11.2. The van der Waals surface area contributed by atoms with Gasteiger partial charge in [-0.05, 0) is 32.3 Å². The van der Waals surface area contributed by atoms with E-state index in [4.69, 9.17) is 0 Å². The van der Waals surface area contributed by atoms with Gasteiger partial charge in [-0.3, -0.25) is 4.79 Å². The summed E-state index contributed by atoms with van der Waals surface area (Å²) in [6.07, 6.45) is 4.17. The zero-order valence-corrected chi connectivity index (χ0v) is 8.31. The van der Waals surface area contributed by atoms with E-state index in [1.807, 2.05) is 26.8 Å². The third kappa shape index (κ3) is 4.12. The molecule has 0 aromatic carbocycles. The van der Waals surface area contributed by atoms with Crippen LogP contribution in [-0.2, 0) is 4.79 Å². The van der Waals surface area contributed by atoms with E-state index in [9.17, 15) is 4.79 Å². The molecule has 68 valence electrons. The maximum Gasteiger partial charge on any atom is 0.158 e. The van der Waals surface area contributed by atoms with Crippen molar-refractivity contribution in [3.05, 3.63) is 23.8 Å². The quantitative estimate of drug-likeness (QED) is 0.452. The van der Waals surface area contributed by atoms with Gasteiger partial charge in [-0.25, -0.2) is 0 Å². The maximum absolute atomic E-state index is 11.4. The Hall–Kier alpha value is -0.850. The Labute approximate surface area is 75.2 Å². The molecule has 1 heteroatoms. The van der Waals surface area contributed by atoms with E-state index in [0.717, 1.165) is 24.0 Å². The SMILES string of the molecule is C=C(C)CCC(=O)C(=CC)CC. The molecule has 0 aromatic heterocycles. The summed E-state index contributed by atoms with van der Waals surface area (Å²) in [5, 5.41) is 0. The predicted molar refractivity (Wildman–Crippen MR) is 53.1 cm³/mol. The van der Waals surface area contributed by atoms with Crippen molar-refractivity contribution in [1.29, 1.82) is 0 Å². The summed E-state index contributed by atoms with van der Waals surface area (Å²) >= 11 is 0. The average Bonchev–Trinajstić information content (AvgIpc) is 2.03. The lowest BCUT2D eigenvalue weighted by atomic mass is 10.0. The number of Topliss-reactive ketones (excluding diaryl/α,β-unsaturated/α-hetero) is 1. The van der Waals surface area contributed by atoms with E-state index in [1.165, 1.54) is 0 Å². The molecular weight excluding hydrogens is 148 g/mol. The fourth-order valence-electron chi connectivity index (χ4n) is 1.05. The van der Waals surface area contributed by atoms with Gasteiger partial charge in [0.25, 0.3) is 0 Å². The van der Waals surface area contributed by atoms with Crippen molar-refractivity contribution in [2.24, 2.45) is 0 Å². The number of carbonyl (C=O) groups excluding carboxylic acids is 1. The standard InChI is InChI=1S/C11H18O/c1-5-10(6-2)11(12)8-7-9(3)4/h5H,3,6-8H2,1-2,4H3. The van der Waals surface area contributed by atoms with Crippen molar-refractivity contribution < 1.29 is 4.79 Å². The highest BCUT2D eigenvalue weighted by atomic mass is 16.1. The predicted octanol–water partition coefficient (Wildman–Crippen LogP) is 3.27. The Balaban J connectivity index is 3.95. The second kappa shape index (κ2) is 5.76. The number of ketones is 1. The van der Waals surface area contributed by atoms with Crippen LogP contribution in [0.1, 0.15) is 40.0 Å². The second-order valence-corrected chi connectivity index (χ2v) is 3.05. The summed E-state index contributed by atoms with van der Waals surface area (Å²) < 4.78 is 0. The van der Waals surface area contributed by atoms with Gasteiger partial charge in [0.1, 0.15) is 0 Å². The summed E-state index contributed by atoms with van der Waals surface area (Å²) in [4.78, 5) is 11.4. The number of rotatable bonds is 5. The van der Waals surface area contributed by atoms with Crippen molar-refractivity contribution >= 4 is 5.78 Å². The van der Waals surface area contributed by atoms with Gasteiger partial charge in [0, 0.05) is 6.42 Å². The van der Waals surface area contributed by atoms with Gasteiger partial charge in [0.15, 0.2) is 5.78 Å².